The van der Waals surface area contributed by atoms with Gasteiger partial charge in [-0.3, -0.25) is 0 Å². The molecule has 0 amide bonds. The molecule has 1 saturated carbocycles. The minimum absolute atomic E-state index is 0.164. The zero-order valence-electron chi connectivity index (χ0n) is 13.2. The minimum atomic E-state index is 0.164. The Morgan fingerprint density at radius 1 is 1.19 bits per heavy atom. The lowest BCUT2D eigenvalue weighted by atomic mass is 9.86. The SMILES string of the molecule is CC(NC1CCCC1(C)C)c1ccc2ccccc2c1O. The first-order chi connectivity index (χ1) is 9.99. The Kier molecular flexibility index (Phi) is 3.66. The molecule has 0 aliphatic heterocycles. The van der Waals surface area contributed by atoms with Crippen LogP contribution in [0.15, 0.2) is 36.4 Å². The van der Waals surface area contributed by atoms with Gasteiger partial charge in [0.2, 0.25) is 0 Å². The molecule has 2 nitrogen and oxygen atoms in total. The first-order valence-corrected chi connectivity index (χ1v) is 7.96. The maximum atomic E-state index is 10.6. The van der Waals surface area contributed by atoms with Crippen LogP contribution in [0.3, 0.4) is 0 Å². The summed E-state index contributed by atoms with van der Waals surface area (Å²) >= 11 is 0. The Bertz CT molecular complexity index is 647. The van der Waals surface area contributed by atoms with Crippen LogP contribution in [0, 0.1) is 5.41 Å². The monoisotopic (exact) mass is 283 g/mol. The fraction of sp³-hybridized carbons (Fsp3) is 0.474. The predicted molar refractivity (Wildman–Crippen MR) is 88.6 cm³/mol. The smallest absolute Gasteiger partial charge is 0.128 e. The van der Waals surface area contributed by atoms with Crippen molar-refractivity contribution >= 4 is 10.8 Å². The van der Waals surface area contributed by atoms with Crippen LogP contribution in [0.2, 0.25) is 0 Å². The summed E-state index contributed by atoms with van der Waals surface area (Å²) in [5.41, 5.74) is 1.34. The summed E-state index contributed by atoms with van der Waals surface area (Å²) in [5.74, 6) is 0.420. The molecule has 1 aliphatic rings. The Hall–Kier alpha value is -1.54. The van der Waals surface area contributed by atoms with Crippen molar-refractivity contribution in [2.24, 2.45) is 5.41 Å². The first-order valence-electron chi connectivity index (χ1n) is 7.96. The normalized spacial score (nSPS) is 22.5. The maximum Gasteiger partial charge on any atom is 0.128 e. The molecule has 3 rings (SSSR count). The summed E-state index contributed by atoms with van der Waals surface area (Å²) in [6, 6.07) is 12.8. The molecule has 112 valence electrons. The van der Waals surface area contributed by atoms with Crippen molar-refractivity contribution in [2.75, 3.05) is 0 Å². The third-order valence-corrected chi connectivity index (χ3v) is 5.11. The van der Waals surface area contributed by atoms with Crippen LogP contribution in [-0.2, 0) is 0 Å². The molecule has 0 heterocycles. The van der Waals surface area contributed by atoms with Gasteiger partial charge in [-0.1, -0.05) is 56.7 Å². The van der Waals surface area contributed by atoms with Crippen molar-refractivity contribution in [2.45, 2.75) is 52.1 Å². The lowest BCUT2D eigenvalue weighted by molar-refractivity contribution is 0.265. The van der Waals surface area contributed by atoms with Gasteiger partial charge in [-0.15, -0.1) is 0 Å². The zero-order valence-corrected chi connectivity index (χ0v) is 13.2. The van der Waals surface area contributed by atoms with Crippen LogP contribution in [0.1, 0.15) is 51.6 Å². The number of fused-ring (bicyclic) bond motifs is 1. The summed E-state index contributed by atoms with van der Waals surface area (Å²) < 4.78 is 0. The van der Waals surface area contributed by atoms with Crippen LogP contribution < -0.4 is 5.32 Å². The summed E-state index contributed by atoms with van der Waals surface area (Å²) in [5, 5.41) is 16.3. The minimum Gasteiger partial charge on any atom is -0.507 e. The highest BCUT2D eigenvalue weighted by Gasteiger charge is 2.35. The van der Waals surface area contributed by atoms with Gasteiger partial charge < -0.3 is 10.4 Å². The van der Waals surface area contributed by atoms with E-state index in [4.69, 9.17) is 0 Å². The highest BCUT2D eigenvalue weighted by atomic mass is 16.3. The van der Waals surface area contributed by atoms with Crippen molar-refractivity contribution < 1.29 is 5.11 Å². The van der Waals surface area contributed by atoms with E-state index in [1.807, 2.05) is 24.3 Å². The number of phenols is 1. The molecule has 2 atom stereocenters. The standard InChI is InChI=1S/C19H25NO/c1-13(20-17-9-6-12-19(17,2)3)15-11-10-14-7-4-5-8-16(14)18(15)21/h4-5,7-8,10-11,13,17,20-21H,6,9,12H2,1-3H3. The molecular formula is C19H25NO. The molecule has 0 aromatic heterocycles. The number of rotatable bonds is 3. The van der Waals surface area contributed by atoms with Gasteiger partial charge >= 0.3 is 0 Å². The molecule has 2 heteroatoms. The van der Waals surface area contributed by atoms with E-state index in [1.54, 1.807) is 0 Å². The van der Waals surface area contributed by atoms with E-state index in [9.17, 15) is 5.11 Å². The van der Waals surface area contributed by atoms with Crippen LogP contribution in [0.5, 0.6) is 5.75 Å². The number of phenolic OH excluding ortho intramolecular Hbond substituents is 1. The van der Waals surface area contributed by atoms with Crippen LogP contribution >= 0.6 is 0 Å². The molecule has 2 N–H and O–H groups in total. The van der Waals surface area contributed by atoms with Crippen molar-refractivity contribution in [3.05, 3.63) is 42.0 Å². The Balaban J connectivity index is 1.88. The van der Waals surface area contributed by atoms with Gasteiger partial charge in [0.1, 0.15) is 5.75 Å². The zero-order chi connectivity index (χ0) is 15.0. The molecule has 0 saturated heterocycles. The van der Waals surface area contributed by atoms with Crippen LogP contribution in [0.4, 0.5) is 0 Å². The Morgan fingerprint density at radius 2 is 1.95 bits per heavy atom. The second-order valence-electron chi connectivity index (χ2n) is 7.05. The summed E-state index contributed by atoms with van der Waals surface area (Å²) in [6.07, 6.45) is 3.80. The molecular weight excluding hydrogens is 258 g/mol. The van der Waals surface area contributed by atoms with E-state index in [1.165, 1.54) is 19.3 Å². The molecule has 2 aromatic rings. The number of benzene rings is 2. The quantitative estimate of drug-likeness (QED) is 0.850. The van der Waals surface area contributed by atoms with E-state index in [0.29, 0.717) is 17.2 Å². The van der Waals surface area contributed by atoms with Gasteiger partial charge in [-0.25, -0.2) is 0 Å². The average Bonchev–Trinajstić information content (AvgIpc) is 2.78. The third-order valence-electron chi connectivity index (χ3n) is 5.11. The largest absolute Gasteiger partial charge is 0.507 e. The predicted octanol–water partition coefficient (Wildman–Crippen LogP) is 4.77. The van der Waals surface area contributed by atoms with Gasteiger partial charge in [-0.2, -0.15) is 0 Å². The van der Waals surface area contributed by atoms with Crippen molar-refractivity contribution in [1.82, 2.24) is 5.32 Å². The molecule has 2 unspecified atom stereocenters. The van der Waals surface area contributed by atoms with E-state index < -0.39 is 0 Å². The maximum absolute atomic E-state index is 10.6. The number of nitrogens with one attached hydrogen (secondary N) is 1. The lowest BCUT2D eigenvalue weighted by Crippen LogP contribution is -2.39. The molecule has 0 radical (unpaired) electrons. The molecule has 1 fully saturated rings. The van der Waals surface area contributed by atoms with E-state index >= 15 is 0 Å². The molecule has 21 heavy (non-hydrogen) atoms. The van der Waals surface area contributed by atoms with E-state index in [-0.39, 0.29) is 6.04 Å². The Morgan fingerprint density at radius 3 is 2.67 bits per heavy atom. The van der Waals surface area contributed by atoms with E-state index in [0.717, 1.165) is 16.3 Å². The average molecular weight is 283 g/mol. The van der Waals surface area contributed by atoms with Crippen molar-refractivity contribution in [3.63, 3.8) is 0 Å². The lowest BCUT2D eigenvalue weighted by Gasteiger charge is -2.31. The topological polar surface area (TPSA) is 32.3 Å². The van der Waals surface area contributed by atoms with Crippen molar-refractivity contribution in [3.8, 4) is 5.75 Å². The van der Waals surface area contributed by atoms with Crippen LogP contribution in [0.25, 0.3) is 10.8 Å². The Labute approximate surface area is 127 Å². The number of aromatic hydroxyl groups is 1. The highest BCUT2D eigenvalue weighted by molar-refractivity contribution is 5.89. The molecule has 2 aromatic carbocycles. The molecule has 1 aliphatic carbocycles. The van der Waals surface area contributed by atoms with Crippen molar-refractivity contribution in [1.29, 1.82) is 0 Å². The third kappa shape index (κ3) is 2.65. The summed E-state index contributed by atoms with van der Waals surface area (Å²) in [7, 11) is 0. The summed E-state index contributed by atoms with van der Waals surface area (Å²) in [4.78, 5) is 0. The first kappa shape index (κ1) is 14.4. The fourth-order valence-corrected chi connectivity index (χ4v) is 3.65. The van der Waals surface area contributed by atoms with Gasteiger partial charge in [0.05, 0.1) is 0 Å². The van der Waals surface area contributed by atoms with Gasteiger partial charge in [0, 0.05) is 23.0 Å². The molecule has 0 spiro atoms. The second kappa shape index (κ2) is 5.34. The summed E-state index contributed by atoms with van der Waals surface area (Å²) in [6.45, 7) is 6.83. The van der Waals surface area contributed by atoms with E-state index in [2.05, 4.69) is 38.2 Å². The fourth-order valence-electron chi connectivity index (χ4n) is 3.65. The molecule has 0 bridgehead atoms. The number of hydrogen-bond acceptors (Lipinski definition) is 2. The van der Waals surface area contributed by atoms with Gasteiger partial charge in [0.15, 0.2) is 0 Å². The second-order valence-corrected chi connectivity index (χ2v) is 7.05. The van der Waals surface area contributed by atoms with Gasteiger partial charge in [-0.05, 0) is 30.6 Å². The highest BCUT2D eigenvalue weighted by Crippen LogP contribution is 2.39. The number of hydrogen-bond donors (Lipinski definition) is 2. The van der Waals surface area contributed by atoms with Gasteiger partial charge in [0.25, 0.3) is 0 Å². The van der Waals surface area contributed by atoms with Crippen LogP contribution in [-0.4, -0.2) is 11.1 Å².